The van der Waals surface area contributed by atoms with Gasteiger partial charge in [-0.3, -0.25) is 4.79 Å². The van der Waals surface area contributed by atoms with Gasteiger partial charge in [0.2, 0.25) is 0 Å². The van der Waals surface area contributed by atoms with Gasteiger partial charge in [0, 0.05) is 11.6 Å². The van der Waals surface area contributed by atoms with Crippen LogP contribution in [0.25, 0.3) is 10.8 Å². The standard InChI is InChI=1S/C25H34ClNO2/c1-3-19(8-7-17-5-6-17)25(4-2)12-9-20(10-13-25)29-23-15-18-11-14-27-24(28)21(18)16-22(23)26/h11,14-17,19-20H,3-10,12-13H2,1-2H3,(H,27,28). The molecule has 1 unspecified atom stereocenters. The van der Waals surface area contributed by atoms with Gasteiger partial charge in [0.25, 0.3) is 5.56 Å². The van der Waals surface area contributed by atoms with E-state index in [2.05, 4.69) is 18.8 Å². The molecule has 1 aromatic heterocycles. The van der Waals surface area contributed by atoms with Gasteiger partial charge in [-0.2, -0.15) is 0 Å². The van der Waals surface area contributed by atoms with E-state index in [-0.39, 0.29) is 11.7 Å². The predicted molar refractivity (Wildman–Crippen MR) is 121 cm³/mol. The normalized spacial score (nSPS) is 25.8. The van der Waals surface area contributed by atoms with E-state index in [4.69, 9.17) is 16.3 Å². The van der Waals surface area contributed by atoms with Crippen LogP contribution in [0.4, 0.5) is 0 Å². The second-order valence-electron chi connectivity index (χ2n) is 9.34. The van der Waals surface area contributed by atoms with Crippen molar-refractivity contribution in [3.8, 4) is 5.75 Å². The molecule has 2 aliphatic carbocycles. The molecule has 2 aliphatic rings. The van der Waals surface area contributed by atoms with E-state index < -0.39 is 0 Å². The Bertz CT molecular complexity index is 893. The van der Waals surface area contributed by atoms with Crippen molar-refractivity contribution >= 4 is 22.4 Å². The first-order chi connectivity index (χ1) is 14.0. The van der Waals surface area contributed by atoms with E-state index in [9.17, 15) is 4.79 Å². The van der Waals surface area contributed by atoms with E-state index in [1.807, 2.05) is 12.1 Å². The average molecular weight is 416 g/mol. The number of rotatable bonds is 8. The van der Waals surface area contributed by atoms with E-state index in [0.717, 1.165) is 30.1 Å². The Labute approximate surface area is 179 Å². The Hall–Kier alpha value is -1.48. The van der Waals surface area contributed by atoms with Gasteiger partial charge in [-0.25, -0.2) is 0 Å². The maximum Gasteiger partial charge on any atom is 0.255 e. The second-order valence-corrected chi connectivity index (χ2v) is 9.74. The fourth-order valence-electron chi connectivity index (χ4n) is 5.58. The third-order valence-electron chi connectivity index (χ3n) is 7.73. The van der Waals surface area contributed by atoms with Gasteiger partial charge in [0.1, 0.15) is 5.75 Å². The molecule has 0 radical (unpaired) electrons. The molecule has 0 amide bonds. The van der Waals surface area contributed by atoms with Gasteiger partial charge in [-0.1, -0.05) is 57.6 Å². The third-order valence-corrected chi connectivity index (χ3v) is 8.03. The first kappa shape index (κ1) is 20.8. The molecular formula is C25H34ClNO2. The largest absolute Gasteiger partial charge is 0.489 e. The molecule has 0 bridgehead atoms. The van der Waals surface area contributed by atoms with Gasteiger partial charge >= 0.3 is 0 Å². The van der Waals surface area contributed by atoms with Crippen molar-refractivity contribution in [3.63, 3.8) is 0 Å². The number of halogens is 1. The van der Waals surface area contributed by atoms with Gasteiger partial charge < -0.3 is 9.72 Å². The number of ether oxygens (including phenoxy) is 1. The van der Waals surface area contributed by atoms with E-state index in [1.165, 1.54) is 51.4 Å². The second kappa shape index (κ2) is 8.71. The lowest BCUT2D eigenvalue weighted by Gasteiger charge is -2.45. The van der Waals surface area contributed by atoms with Crippen LogP contribution in [-0.2, 0) is 0 Å². The SMILES string of the molecule is CCC(CCC1CC1)C1(CC)CCC(Oc2cc3cc[nH]c(=O)c3cc2Cl)CC1. The molecule has 0 aliphatic heterocycles. The Morgan fingerprint density at radius 1 is 1.21 bits per heavy atom. The van der Waals surface area contributed by atoms with Crippen LogP contribution in [0, 0.1) is 17.3 Å². The summed E-state index contributed by atoms with van der Waals surface area (Å²) in [6.45, 7) is 4.77. The Kier molecular flexibility index (Phi) is 6.24. The van der Waals surface area contributed by atoms with Crippen LogP contribution < -0.4 is 10.3 Å². The summed E-state index contributed by atoms with van der Waals surface area (Å²) in [6, 6.07) is 5.54. The number of pyridine rings is 1. The first-order valence-corrected chi connectivity index (χ1v) is 11.9. The number of hydrogen-bond donors (Lipinski definition) is 1. The summed E-state index contributed by atoms with van der Waals surface area (Å²) >= 11 is 6.45. The number of aromatic amines is 1. The number of aromatic nitrogens is 1. The van der Waals surface area contributed by atoms with Crippen molar-refractivity contribution in [1.82, 2.24) is 4.98 Å². The lowest BCUT2D eigenvalue weighted by Crippen LogP contribution is -2.37. The Balaban J connectivity index is 1.43. The smallest absolute Gasteiger partial charge is 0.255 e. The number of fused-ring (bicyclic) bond motifs is 1. The molecule has 1 heterocycles. The first-order valence-electron chi connectivity index (χ1n) is 11.5. The highest BCUT2D eigenvalue weighted by Crippen LogP contribution is 2.50. The van der Waals surface area contributed by atoms with Crippen molar-refractivity contribution in [2.45, 2.75) is 84.2 Å². The van der Waals surface area contributed by atoms with Crippen molar-refractivity contribution in [1.29, 1.82) is 0 Å². The van der Waals surface area contributed by atoms with Gasteiger partial charge in [-0.15, -0.1) is 0 Å². The third kappa shape index (κ3) is 4.50. The van der Waals surface area contributed by atoms with Gasteiger partial charge in [0.05, 0.1) is 11.1 Å². The van der Waals surface area contributed by atoms with Crippen molar-refractivity contribution in [2.24, 2.45) is 17.3 Å². The molecule has 1 atom stereocenters. The topological polar surface area (TPSA) is 42.1 Å². The van der Waals surface area contributed by atoms with E-state index >= 15 is 0 Å². The summed E-state index contributed by atoms with van der Waals surface area (Å²) in [7, 11) is 0. The Morgan fingerprint density at radius 2 is 1.97 bits per heavy atom. The predicted octanol–water partition coefficient (Wildman–Crippen LogP) is 7.12. The van der Waals surface area contributed by atoms with Crippen LogP contribution >= 0.6 is 11.6 Å². The highest BCUT2D eigenvalue weighted by atomic mass is 35.5. The zero-order chi connectivity index (χ0) is 20.4. The van der Waals surface area contributed by atoms with Crippen LogP contribution in [0.1, 0.15) is 78.1 Å². The summed E-state index contributed by atoms with van der Waals surface area (Å²) in [5.41, 5.74) is 0.377. The van der Waals surface area contributed by atoms with Crippen molar-refractivity contribution in [3.05, 3.63) is 39.8 Å². The molecule has 2 saturated carbocycles. The minimum absolute atomic E-state index is 0.113. The molecule has 0 spiro atoms. The summed E-state index contributed by atoms with van der Waals surface area (Å²) in [6.07, 6.45) is 14.9. The molecule has 2 aromatic rings. The van der Waals surface area contributed by atoms with Crippen LogP contribution in [0.5, 0.6) is 5.75 Å². The number of hydrogen-bond acceptors (Lipinski definition) is 2. The zero-order valence-corrected chi connectivity index (χ0v) is 18.6. The fraction of sp³-hybridized carbons (Fsp3) is 0.640. The number of benzene rings is 1. The number of H-pyrrole nitrogens is 1. The summed E-state index contributed by atoms with van der Waals surface area (Å²) in [4.78, 5) is 14.7. The highest BCUT2D eigenvalue weighted by molar-refractivity contribution is 6.32. The minimum atomic E-state index is -0.113. The molecular weight excluding hydrogens is 382 g/mol. The average Bonchev–Trinajstić information content (AvgIpc) is 3.55. The molecule has 158 valence electrons. The number of nitrogens with one attached hydrogen (secondary N) is 1. The van der Waals surface area contributed by atoms with Crippen molar-refractivity contribution < 1.29 is 4.74 Å². The van der Waals surface area contributed by atoms with Gasteiger partial charge in [-0.05, 0) is 72.9 Å². The lowest BCUT2D eigenvalue weighted by molar-refractivity contribution is 0.0255. The monoisotopic (exact) mass is 415 g/mol. The maximum absolute atomic E-state index is 12.0. The fourth-order valence-corrected chi connectivity index (χ4v) is 5.79. The van der Waals surface area contributed by atoms with E-state index in [0.29, 0.717) is 21.6 Å². The molecule has 3 nitrogen and oxygen atoms in total. The molecule has 2 fully saturated rings. The molecule has 29 heavy (non-hydrogen) atoms. The molecule has 4 rings (SSSR count). The summed E-state index contributed by atoms with van der Waals surface area (Å²) < 4.78 is 6.35. The quantitative estimate of drug-likeness (QED) is 0.498. The summed E-state index contributed by atoms with van der Waals surface area (Å²) in [5.74, 6) is 2.59. The molecule has 1 N–H and O–H groups in total. The van der Waals surface area contributed by atoms with Crippen LogP contribution in [0.15, 0.2) is 29.2 Å². The molecule has 0 saturated heterocycles. The van der Waals surface area contributed by atoms with E-state index in [1.54, 1.807) is 12.3 Å². The lowest BCUT2D eigenvalue weighted by atomic mass is 9.61. The Morgan fingerprint density at radius 3 is 2.62 bits per heavy atom. The van der Waals surface area contributed by atoms with Crippen molar-refractivity contribution in [2.75, 3.05) is 0 Å². The van der Waals surface area contributed by atoms with Gasteiger partial charge in [0.15, 0.2) is 0 Å². The summed E-state index contributed by atoms with van der Waals surface area (Å²) in [5, 5.41) is 2.01. The molecule has 4 heteroatoms. The zero-order valence-electron chi connectivity index (χ0n) is 17.8. The van der Waals surface area contributed by atoms with Crippen LogP contribution in [-0.4, -0.2) is 11.1 Å². The maximum atomic E-state index is 12.0. The van der Waals surface area contributed by atoms with Crippen LogP contribution in [0.3, 0.4) is 0 Å². The van der Waals surface area contributed by atoms with Crippen LogP contribution in [0.2, 0.25) is 5.02 Å². The highest BCUT2D eigenvalue weighted by Gasteiger charge is 2.40. The molecule has 1 aromatic carbocycles. The minimum Gasteiger partial charge on any atom is -0.489 e.